The van der Waals surface area contributed by atoms with Crippen LogP contribution in [0.25, 0.3) is 11.2 Å². The summed E-state index contributed by atoms with van der Waals surface area (Å²) in [4.78, 5) is 13.3. The molecule has 11 heteroatoms. The second kappa shape index (κ2) is 9.54. The third-order valence-corrected chi connectivity index (χ3v) is 18.2. The summed E-state index contributed by atoms with van der Waals surface area (Å²) in [5.74, 6) is 0. The van der Waals surface area contributed by atoms with E-state index in [0.717, 1.165) is 21.3 Å². The summed E-state index contributed by atoms with van der Waals surface area (Å²) in [6, 6.07) is 0. The SMILES string of the molecule is CC(C)[Si]1(C(C)C)OC[C@H]2O[C@@H](n3cnc4c(I)ncnc43)C[C@@H]2O[Si](C(C)C)(C(C)C)O1. The fraction of sp³-hybridized carbons (Fsp3) is 0.773. The average Bonchev–Trinajstić information content (AvgIpc) is 3.32. The van der Waals surface area contributed by atoms with E-state index in [9.17, 15) is 0 Å². The number of aromatic nitrogens is 4. The van der Waals surface area contributed by atoms with Crippen molar-refractivity contribution in [2.45, 2.75) is 102 Å². The Kier molecular flexibility index (Phi) is 7.42. The summed E-state index contributed by atoms with van der Waals surface area (Å²) in [5.41, 5.74) is 2.81. The van der Waals surface area contributed by atoms with E-state index in [1.54, 1.807) is 12.7 Å². The van der Waals surface area contributed by atoms with E-state index in [1.807, 2.05) is 4.57 Å². The molecule has 3 atom stereocenters. The number of imidazole rings is 1. The maximum atomic E-state index is 7.27. The average molecular weight is 605 g/mol. The van der Waals surface area contributed by atoms with Gasteiger partial charge in [-0.2, -0.15) is 0 Å². The number of hydrogen-bond donors (Lipinski definition) is 0. The van der Waals surface area contributed by atoms with Gasteiger partial charge in [-0.1, -0.05) is 55.4 Å². The Labute approximate surface area is 212 Å². The molecule has 0 radical (unpaired) electrons. The third-order valence-electron chi connectivity index (χ3n) is 7.15. The lowest BCUT2D eigenvalue weighted by atomic mass is 10.2. The Bertz CT molecular complexity index is 970. The van der Waals surface area contributed by atoms with Crippen molar-refractivity contribution in [3.05, 3.63) is 16.4 Å². The maximum Gasteiger partial charge on any atom is 0.335 e. The molecule has 0 amide bonds. The van der Waals surface area contributed by atoms with Gasteiger partial charge in [-0.3, -0.25) is 4.57 Å². The lowest BCUT2D eigenvalue weighted by Gasteiger charge is -2.51. The van der Waals surface area contributed by atoms with Crippen LogP contribution in [0.5, 0.6) is 0 Å². The highest BCUT2D eigenvalue weighted by molar-refractivity contribution is 14.1. The largest absolute Gasteiger partial charge is 0.414 e. The van der Waals surface area contributed by atoms with E-state index in [1.165, 1.54) is 0 Å². The van der Waals surface area contributed by atoms with Crippen molar-refractivity contribution in [2.75, 3.05) is 6.61 Å². The normalized spacial score (nSPS) is 27.5. The van der Waals surface area contributed by atoms with Crippen LogP contribution >= 0.6 is 22.6 Å². The highest BCUT2D eigenvalue weighted by Gasteiger charge is 2.60. The molecule has 0 saturated carbocycles. The predicted molar refractivity (Wildman–Crippen MR) is 140 cm³/mol. The molecule has 2 saturated heterocycles. The highest BCUT2D eigenvalue weighted by Crippen LogP contribution is 2.48. The van der Waals surface area contributed by atoms with E-state index in [0.29, 0.717) is 28.8 Å². The number of halogens is 1. The fourth-order valence-corrected chi connectivity index (χ4v) is 17.1. The Hall–Kier alpha value is -0.446. The van der Waals surface area contributed by atoms with Crippen LogP contribution in [-0.4, -0.2) is 55.5 Å². The van der Waals surface area contributed by atoms with Gasteiger partial charge in [0.15, 0.2) is 5.65 Å². The van der Waals surface area contributed by atoms with Gasteiger partial charge < -0.3 is 17.7 Å². The number of ether oxygens (including phenoxy) is 1. The first-order chi connectivity index (χ1) is 15.5. The predicted octanol–water partition coefficient (Wildman–Crippen LogP) is 5.67. The van der Waals surface area contributed by atoms with E-state index < -0.39 is 17.1 Å². The van der Waals surface area contributed by atoms with Crippen LogP contribution in [0.2, 0.25) is 22.2 Å². The first-order valence-corrected chi connectivity index (χ1v) is 17.0. The number of hydrogen-bond acceptors (Lipinski definition) is 7. The molecule has 0 aromatic carbocycles. The van der Waals surface area contributed by atoms with Crippen molar-refractivity contribution >= 4 is 50.9 Å². The molecule has 2 aromatic heterocycles. The first kappa shape index (κ1) is 25.6. The van der Waals surface area contributed by atoms with Gasteiger partial charge in [0.05, 0.1) is 19.0 Å². The molecule has 2 aliphatic rings. The molecule has 0 bridgehead atoms. The minimum Gasteiger partial charge on any atom is -0.414 e. The van der Waals surface area contributed by atoms with Gasteiger partial charge in [0.2, 0.25) is 0 Å². The highest BCUT2D eigenvalue weighted by atomic mass is 127. The van der Waals surface area contributed by atoms with Crippen LogP contribution in [0, 0.1) is 3.70 Å². The number of nitrogens with zero attached hydrogens (tertiary/aromatic N) is 4. The standard InChI is InChI=1S/C22H37IN4O4Si2/c1-13(2)32(14(3)4)28-10-18-17(30-33(31-32,15(5)6)16(7)8)9-19(29-18)27-12-26-20-21(23)24-11-25-22(20)27/h11-19H,9-10H2,1-8H3/t17-,18+,19+/m0/s1. The van der Waals surface area contributed by atoms with Crippen LogP contribution < -0.4 is 0 Å². The minimum atomic E-state index is -2.64. The lowest BCUT2D eigenvalue weighted by Crippen LogP contribution is -2.65. The van der Waals surface area contributed by atoms with Crippen LogP contribution in [0.4, 0.5) is 0 Å². The summed E-state index contributed by atoms with van der Waals surface area (Å²) in [6.45, 7) is 18.4. The van der Waals surface area contributed by atoms with Gasteiger partial charge in [-0.05, 0) is 44.8 Å². The molecular formula is C22H37IN4O4Si2. The Balaban J connectivity index is 1.72. The van der Waals surface area contributed by atoms with Gasteiger partial charge in [0, 0.05) is 6.42 Å². The van der Waals surface area contributed by atoms with Crippen molar-refractivity contribution in [2.24, 2.45) is 0 Å². The zero-order valence-corrected chi connectivity index (χ0v) is 25.1. The molecule has 4 rings (SSSR count). The maximum absolute atomic E-state index is 7.27. The second-order valence-corrected chi connectivity index (χ2v) is 20.4. The Morgan fingerprint density at radius 2 is 1.55 bits per heavy atom. The molecule has 0 N–H and O–H groups in total. The number of rotatable bonds is 5. The van der Waals surface area contributed by atoms with Crippen LogP contribution in [0.3, 0.4) is 0 Å². The van der Waals surface area contributed by atoms with E-state index in [2.05, 4.69) is 92.9 Å². The summed E-state index contributed by atoms with van der Waals surface area (Å²) < 4.78 is 30.7. The molecule has 2 aliphatic heterocycles. The summed E-state index contributed by atoms with van der Waals surface area (Å²) in [6.07, 6.45) is 3.66. The van der Waals surface area contributed by atoms with Gasteiger partial charge >= 0.3 is 17.1 Å². The van der Waals surface area contributed by atoms with Crippen molar-refractivity contribution < 1.29 is 17.7 Å². The Morgan fingerprint density at radius 3 is 2.15 bits per heavy atom. The molecule has 2 fully saturated rings. The quantitative estimate of drug-likeness (QED) is 0.247. The third kappa shape index (κ3) is 4.35. The first-order valence-electron chi connectivity index (χ1n) is 12.0. The number of fused-ring (bicyclic) bond motifs is 2. The van der Waals surface area contributed by atoms with E-state index >= 15 is 0 Å². The topological polar surface area (TPSA) is 80.5 Å². The van der Waals surface area contributed by atoms with Crippen molar-refractivity contribution in [3.8, 4) is 0 Å². The lowest BCUT2D eigenvalue weighted by molar-refractivity contribution is -0.0544. The van der Waals surface area contributed by atoms with Crippen molar-refractivity contribution in [3.63, 3.8) is 0 Å². The van der Waals surface area contributed by atoms with E-state index in [4.69, 9.17) is 17.7 Å². The minimum absolute atomic E-state index is 0.0869. The summed E-state index contributed by atoms with van der Waals surface area (Å²) >= 11 is 2.19. The van der Waals surface area contributed by atoms with Crippen LogP contribution in [0.1, 0.15) is 68.0 Å². The molecule has 0 unspecified atom stereocenters. The molecule has 8 nitrogen and oxygen atoms in total. The zero-order chi connectivity index (χ0) is 24.1. The molecule has 184 valence electrons. The fourth-order valence-electron chi connectivity index (χ4n) is 5.34. The molecule has 0 aliphatic carbocycles. The van der Waals surface area contributed by atoms with E-state index in [-0.39, 0.29) is 18.4 Å². The molecule has 4 heterocycles. The molecule has 2 aromatic rings. The summed E-state index contributed by atoms with van der Waals surface area (Å²) in [7, 11) is -5.20. The van der Waals surface area contributed by atoms with Crippen LogP contribution in [-0.2, 0) is 17.7 Å². The zero-order valence-electron chi connectivity index (χ0n) is 20.9. The molecular weight excluding hydrogens is 567 g/mol. The van der Waals surface area contributed by atoms with Crippen molar-refractivity contribution in [1.82, 2.24) is 19.5 Å². The van der Waals surface area contributed by atoms with Gasteiger partial charge in [0.1, 0.15) is 27.9 Å². The molecule has 0 spiro atoms. The second-order valence-electron chi connectivity index (χ2n) is 10.5. The Morgan fingerprint density at radius 1 is 0.909 bits per heavy atom. The van der Waals surface area contributed by atoms with Crippen LogP contribution in [0.15, 0.2) is 12.7 Å². The smallest absolute Gasteiger partial charge is 0.335 e. The van der Waals surface area contributed by atoms with Gasteiger partial charge in [-0.15, -0.1) is 0 Å². The summed E-state index contributed by atoms with van der Waals surface area (Å²) in [5, 5.41) is 0. The van der Waals surface area contributed by atoms with Gasteiger partial charge in [0.25, 0.3) is 0 Å². The van der Waals surface area contributed by atoms with Gasteiger partial charge in [-0.25, -0.2) is 15.0 Å². The molecule has 33 heavy (non-hydrogen) atoms. The van der Waals surface area contributed by atoms with Crippen molar-refractivity contribution in [1.29, 1.82) is 0 Å². The monoisotopic (exact) mass is 604 g/mol.